The largest absolute Gasteiger partial charge is 0.479 e. The zero-order valence-electron chi connectivity index (χ0n) is 5.82. The molecule has 5 nitrogen and oxygen atoms in total. The van der Waals surface area contributed by atoms with Gasteiger partial charge in [-0.25, -0.2) is 4.79 Å². The first kappa shape index (κ1) is 8.00. The number of aliphatic carboxylic acids is 1. The lowest BCUT2D eigenvalue weighted by Crippen LogP contribution is -2.30. The molecular formula is C6H9NO4. The smallest absolute Gasteiger partial charge is 0.332 e. The molecule has 0 saturated carbocycles. The van der Waals surface area contributed by atoms with Gasteiger partial charge in [0, 0.05) is 0 Å². The van der Waals surface area contributed by atoms with Gasteiger partial charge in [-0.15, -0.1) is 0 Å². The topological polar surface area (TPSA) is 89.6 Å². The number of nitrogens with two attached hydrogens (primary N) is 1. The van der Waals surface area contributed by atoms with Crippen molar-refractivity contribution in [3.63, 3.8) is 0 Å². The van der Waals surface area contributed by atoms with Crippen LogP contribution in [0.1, 0.15) is 12.8 Å². The van der Waals surface area contributed by atoms with Gasteiger partial charge in [-0.05, 0) is 12.8 Å². The molecule has 2 atom stereocenters. The molecule has 0 aromatic heterocycles. The molecule has 1 aliphatic rings. The molecule has 0 unspecified atom stereocenters. The van der Waals surface area contributed by atoms with Crippen molar-refractivity contribution in [2.24, 2.45) is 5.73 Å². The molecule has 1 heterocycles. The predicted octanol–water partition coefficient (Wildman–Crippen LogP) is -0.896. The highest BCUT2D eigenvalue weighted by molar-refractivity contribution is 5.81. The number of carbonyl (C=O) groups excluding carboxylic acids is 1. The number of rotatable bonds is 2. The van der Waals surface area contributed by atoms with Gasteiger partial charge >= 0.3 is 5.97 Å². The Hall–Kier alpha value is -1.10. The van der Waals surface area contributed by atoms with Crippen LogP contribution >= 0.6 is 0 Å². The average molecular weight is 159 g/mol. The molecule has 1 aliphatic heterocycles. The molecule has 0 radical (unpaired) electrons. The molecule has 1 saturated heterocycles. The van der Waals surface area contributed by atoms with Crippen LogP contribution in [0.2, 0.25) is 0 Å². The van der Waals surface area contributed by atoms with Gasteiger partial charge < -0.3 is 15.6 Å². The summed E-state index contributed by atoms with van der Waals surface area (Å²) in [5, 5.41) is 8.44. The lowest BCUT2D eigenvalue weighted by Gasteiger charge is -2.05. The normalized spacial score (nSPS) is 30.2. The van der Waals surface area contributed by atoms with E-state index in [1.807, 2.05) is 0 Å². The molecule has 3 N–H and O–H groups in total. The molecule has 0 aromatic carbocycles. The van der Waals surface area contributed by atoms with Gasteiger partial charge in [0.15, 0.2) is 6.10 Å². The number of carboxylic acid groups (broad SMARTS) is 1. The molecule has 0 spiro atoms. The van der Waals surface area contributed by atoms with Gasteiger partial charge in [0.1, 0.15) is 6.10 Å². The van der Waals surface area contributed by atoms with Gasteiger partial charge in [-0.1, -0.05) is 0 Å². The molecule has 62 valence electrons. The van der Waals surface area contributed by atoms with Crippen LogP contribution in [0.15, 0.2) is 0 Å². The van der Waals surface area contributed by atoms with Gasteiger partial charge in [-0.3, -0.25) is 4.79 Å². The minimum Gasteiger partial charge on any atom is -0.479 e. The summed E-state index contributed by atoms with van der Waals surface area (Å²) in [5.74, 6) is -1.62. The quantitative estimate of drug-likeness (QED) is 0.546. The Labute approximate surface area is 63.1 Å². The minimum atomic E-state index is -1.03. The van der Waals surface area contributed by atoms with Crippen molar-refractivity contribution in [1.82, 2.24) is 0 Å². The second-order valence-corrected chi connectivity index (χ2v) is 2.43. The standard InChI is InChI=1S/C6H9NO4/c7-5(8)3-1-2-4(11-3)6(9)10/h3-4H,1-2H2,(H2,7,8)(H,9,10)/t3-,4-/m0/s1. The van der Waals surface area contributed by atoms with E-state index in [-0.39, 0.29) is 0 Å². The fraction of sp³-hybridized carbons (Fsp3) is 0.667. The van der Waals surface area contributed by atoms with Crippen molar-refractivity contribution in [3.8, 4) is 0 Å². The van der Waals surface area contributed by atoms with E-state index in [4.69, 9.17) is 15.6 Å². The van der Waals surface area contributed by atoms with Crippen LogP contribution in [0.25, 0.3) is 0 Å². The number of carbonyl (C=O) groups is 2. The van der Waals surface area contributed by atoms with E-state index >= 15 is 0 Å². The molecule has 5 heteroatoms. The van der Waals surface area contributed by atoms with Crippen molar-refractivity contribution < 1.29 is 19.4 Å². The lowest BCUT2D eigenvalue weighted by atomic mass is 10.2. The molecule has 1 rings (SSSR count). The Balaban J connectivity index is 2.47. The second kappa shape index (κ2) is 2.87. The van der Waals surface area contributed by atoms with Crippen LogP contribution < -0.4 is 5.73 Å². The van der Waals surface area contributed by atoms with Gasteiger partial charge in [0.25, 0.3) is 0 Å². The van der Waals surface area contributed by atoms with E-state index in [1.54, 1.807) is 0 Å². The van der Waals surface area contributed by atoms with Crippen molar-refractivity contribution in [2.75, 3.05) is 0 Å². The molecule has 1 fully saturated rings. The molecular weight excluding hydrogens is 150 g/mol. The molecule has 0 bridgehead atoms. The zero-order valence-corrected chi connectivity index (χ0v) is 5.82. The first-order valence-corrected chi connectivity index (χ1v) is 3.29. The van der Waals surface area contributed by atoms with E-state index in [0.29, 0.717) is 12.8 Å². The van der Waals surface area contributed by atoms with E-state index < -0.39 is 24.1 Å². The summed E-state index contributed by atoms with van der Waals surface area (Å²) in [4.78, 5) is 20.8. The highest BCUT2D eigenvalue weighted by Crippen LogP contribution is 2.19. The van der Waals surface area contributed by atoms with Crippen LogP contribution in [-0.2, 0) is 14.3 Å². The summed E-state index contributed by atoms with van der Waals surface area (Å²) < 4.78 is 4.81. The summed E-state index contributed by atoms with van der Waals surface area (Å²) in [6.07, 6.45) is -0.793. The molecule has 11 heavy (non-hydrogen) atoms. The molecule has 1 amide bonds. The highest BCUT2D eigenvalue weighted by Gasteiger charge is 2.33. The number of hydrogen-bond acceptors (Lipinski definition) is 3. The Bertz CT molecular complexity index is 171. The van der Waals surface area contributed by atoms with Crippen molar-refractivity contribution in [2.45, 2.75) is 25.0 Å². The van der Waals surface area contributed by atoms with E-state index in [1.165, 1.54) is 0 Å². The second-order valence-electron chi connectivity index (χ2n) is 2.43. The maximum atomic E-state index is 10.5. The number of ether oxygens (including phenoxy) is 1. The van der Waals surface area contributed by atoms with Crippen LogP contribution in [-0.4, -0.2) is 29.2 Å². The van der Waals surface area contributed by atoms with Crippen LogP contribution in [0, 0.1) is 0 Å². The summed E-state index contributed by atoms with van der Waals surface area (Å²) in [5.41, 5.74) is 4.90. The SMILES string of the molecule is NC(=O)[C@@H]1CC[C@@H](C(=O)O)O1. The van der Waals surface area contributed by atoms with E-state index in [9.17, 15) is 9.59 Å². The summed E-state index contributed by atoms with van der Waals surface area (Å²) in [6, 6.07) is 0. The monoisotopic (exact) mass is 159 g/mol. The van der Waals surface area contributed by atoms with Crippen molar-refractivity contribution >= 4 is 11.9 Å². The summed E-state index contributed by atoms with van der Waals surface area (Å²) in [6.45, 7) is 0. The maximum Gasteiger partial charge on any atom is 0.332 e. The molecule has 0 aliphatic carbocycles. The lowest BCUT2D eigenvalue weighted by molar-refractivity contribution is -0.151. The minimum absolute atomic E-state index is 0.364. The van der Waals surface area contributed by atoms with Crippen LogP contribution in [0.3, 0.4) is 0 Å². The van der Waals surface area contributed by atoms with Crippen molar-refractivity contribution in [1.29, 1.82) is 0 Å². The number of hydrogen-bond donors (Lipinski definition) is 2. The number of carboxylic acids is 1. The number of amides is 1. The Kier molecular flexibility index (Phi) is 2.09. The molecule has 0 aromatic rings. The average Bonchev–Trinajstić information content (AvgIpc) is 2.33. The van der Waals surface area contributed by atoms with Gasteiger partial charge in [-0.2, -0.15) is 0 Å². The highest BCUT2D eigenvalue weighted by atomic mass is 16.5. The van der Waals surface area contributed by atoms with Crippen LogP contribution in [0.5, 0.6) is 0 Å². The third-order valence-electron chi connectivity index (χ3n) is 1.61. The Morgan fingerprint density at radius 3 is 2.18 bits per heavy atom. The third kappa shape index (κ3) is 1.68. The Morgan fingerprint density at radius 2 is 1.91 bits per heavy atom. The summed E-state index contributed by atoms with van der Waals surface area (Å²) >= 11 is 0. The predicted molar refractivity (Wildman–Crippen MR) is 34.7 cm³/mol. The fourth-order valence-electron chi connectivity index (χ4n) is 1.03. The first-order chi connectivity index (χ1) is 5.11. The zero-order chi connectivity index (χ0) is 8.43. The van der Waals surface area contributed by atoms with E-state index in [2.05, 4.69) is 0 Å². The summed E-state index contributed by atoms with van der Waals surface area (Å²) in [7, 11) is 0. The third-order valence-corrected chi connectivity index (χ3v) is 1.61. The van der Waals surface area contributed by atoms with Crippen molar-refractivity contribution in [3.05, 3.63) is 0 Å². The fourth-order valence-corrected chi connectivity index (χ4v) is 1.03. The van der Waals surface area contributed by atoms with E-state index in [0.717, 1.165) is 0 Å². The maximum absolute atomic E-state index is 10.5. The first-order valence-electron chi connectivity index (χ1n) is 3.29. The van der Waals surface area contributed by atoms with Gasteiger partial charge in [0.2, 0.25) is 5.91 Å². The van der Waals surface area contributed by atoms with Crippen LogP contribution in [0.4, 0.5) is 0 Å². The number of primary amides is 1. The van der Waals surface area contributed by atoms with Gasteiger partial charge in [0.05, 0.1) is 0 Å². The Morgan fingerprint density at radius 1 is 1.36 bits per heavy atom.